The van der Waals surface area contributed by atoms with Gasteiger partial charge in [0.05, 0.1) is 11.0 Å². The molecular weight excluding hydrogens is 735 g/mol. The number of benzene rings is 8. The highest BCUT2D eigenvalue weighted by atomic mass is 16.3. The highest BCUT2D eigenvalue weighted by Gasteiger charge is 2.25. The van der Waals surface area contributed by atoms with Crippen molar-refractivity contribution in [2.24, 2.45) is 0 Å². The minimum Gasteiger partial charge on any atom is -0.451 e. The van der Waals surface area contributed by atoms with Gasteiger partial charge in [-0.1, -0.05) is 103 Å². The van der Waals surface area contributed by atoms with Gasteiger partial charge in [0.1, 0.15) is 17.6 Å². The van der Waals surface area contributed by atoms with Crippen LogP contribution in [0.25, 0.3) is 66.3 Å². The Morgan fingerprint density at radius 3 is 1.53 bits per heavy atom. The summed E-state index contributed by atoms with van der Waals surface area (Å²) in [4.78, 5) is 14.4. The molecule has 0 saturated heterocycles. The fraction of sp³-hybridized carbons (Fsp3) is 0.0370. The summed E-state index contributed by atoms with van der Waals surface area (Å²) in [5.41, 5.74) is 11.2. The molecular formula is C54H37N5O. The third-order valence-corrected chi connectivity index (χ3v) is 11.9. The molecule has 3 aromatic heterocycles. The highest BCUT2D eigenvalue weighted by Crippen LogP contribution is 2.44. The number of aryl methyl sites for hydroxylation is 1. The molecule has 0 amide bonds. The van der Waals surface area contributed by atoms with E-state index in [2.05, 4.69) is 209 Å². The Bertz CT molecular complexity index is 3280. The Balaban J connectivity index is 1.12. The molecule has 0 N–H and O–H groups in total. The number of nitrogens with zero attached hydrogens (tertiary/aromatic N) is 5. The van der Waals surface area contributed by atoms with Crippen molar-refractivity contribution in [2.45, 2.75) is 12.8 Å². The molecule has 1 aliphatic carbocycles. The molecule has 6 heteroatoms. The van der Waals surface area contributed by atoms with E-state index in [1.807, 2.05) is 0 Å². The molecule has 0 unspecified atom stereocenters. The van der Waals surface area contributed by atoms with Gasteiger partial charge in [-0.15, -0.1) is 0 Å². The zero-order valence-electron chi connectivity index (χ0n) is 32.6. The molecule has 12 rings (SSSR count). The Labute approximate surface area is 346 Å². The third kappa shape index (κ3) is 5.57. The summed E-state index contributed by atoms with van der Waals surface area (Å²) < 4.78 is 8.88. The van der Waals surface area contributed by atoms with Gasteiger partial charge in [0, 0.05) is 50.5 Å². The summed E-state index contributed by atoms with van der Waals surface area (Å²) in [6.45, 7) is 0. The first-order valence-corrected chi connectivity index (χ1v) is 20.4. The standard InChI is InChI=1S/C54H37N5O/c1-3-17-40(18-4-1)57(42-25-23-36-13-7-9-15-38(36)31-42)44-27-29-49-47(33-44)48-34-45(58(41-19-5-2-6-20-41)43-26-24-37-14-8-10-16-39(37)32-43)28-30-50(48)59(49)54-53-52(55-35-56-54)46-21-11-12-22-51(46)60-53/h1-10,12-20,22-35H,11,21H2. The number of anilines is 6. The van der Waals surface area contributed by atoms with Gasteiger partial charge in [0.15, 0.2) is 11.4 Å². The van der Waals surface area contributed by atoms with E-state index in [1.165, 1.54) is 21.5 Å². The van der Waals surface area contributed by atoms with Crippen LogP contribution in [0, 0.1) is 0 Å². The quantitative estimate of drug-likeness (QED) is 0.161. The number of aromatic nitrogens is 3. The minimum atomic E-state index is 0.699. The predicted octanol–water partition coefficient (Wildman–Crippen LogP) is 14.5. The molecule has 0 atom stereocenters. The van der Waals surface area contributed by atoms with E-state index in [0.29, 0.717) is 5.58 Å². The van der Waals surface area contributed by atoms with Crippen molar-refractivity contribution in [3.8, 4) is 5.82 Å². The predicted molar refractivity (Wildman–Crippen MR) is 248 cm³/mol. The van der Waals surface area contributed by atoms with Crippen molar-refractivity contribution < 1.29 is 4.42 Å². The van der Waals surface area contributed by atoms with Crippen molar-refractivity contribution in [3.05, 3.63) is 206 Å². The van der Waals surface area contributed by atoms with Crippen molar-refractivity contribution in [1.29, 1.82) is 0 Å². The van der Waals surface area contributed by atoms with E-state index in [4.69, 9.17) is 14.4 Å². The second-order valence-electron chi connectivity index (χ2n) is 15.4. The lowest BCUT2D eigenvalue weighted by molar-refractivity contribution is 0.591. The lowest BCUT2D eigenvalue weighted by Gasteiger charge is -2.26. The summed E-state index contributed by atoms with van der Waals surface area (Å²) in [6, 6.07) is 65.3. The van der Waals surface area contributed by atoms with Gasteiger partial charge in [-0.05, 0) is 125 Å². The molecule has 0 bridgehead atoms. The number of hydrogen-bond acceptors (Lipinski definition) is 5. The smallest absolute Gasteiger partial charge is 0.196 e. The summed E-state index contributed by atoms with van der Waals surface area (Å²) in [5.74, 6) is 1.60. The van der Waals surface area contributed by atoms with E-state index >= 15 is 0 Å². The monoisotopic (exact) mass is 771 g/mol. The van der Waals surface area contributed by atoms with Gasteiger partial charge in [0.2, 0.25) is 0 Å². The lowest BCUT2D eigenvalue weighted by atomic mass is 10.0. The largest absolute Gasteiger partial charge is 0.451 e. The zero-order valence-corrected chi connectivity index (χ0v) is 32.6. The maximum Gasteiger partial charge on any atom is 0.196 e. The normalized spacial score (nSPS) is 12.5. The van der Waals surface area contributed by atoms with Gasteiger partial charge in [0.25, 0.3) is 0 Å². The van der Waals surface area contributed by atoms with Crippen LogP contribution in [0.1, 0.15) is 17.7 Å². The first-order chi connectivity index (χ1) is 29.7. The van der Waals surface area contributed by atoms with Gasteiger partial charge in [-0.25, -0.2) is 9.97 Å². The van der Waals surface area contributed by atoms with E-state index in [1.54, 1.807) is 6.33 Å². The molecule has 0 radical (unpaired) electrons. The molecule has 0 fully saturated rings. The number of fused-ring (bicyclic) bond motifs is 8. The number of rotatable bonds is 7. The minimum absolute atomic E-state index is 0.699. The highest BCUT2D eigenvalue weighted by molar-refractivity contribution is 6.13. The first-order valence-electron chi connectivity index (χ1n) is 20.4. The van der Waals surface area contributed by atoms with Crippen molar-refractivity contribution in [1.82, 2.24) is 14.5 Å². The van der Waals surface area contributed by atoms with Crippen LogP contribution in [0.3, 0.4) is 0 Å². The van der Waals surface area contributed by atoms with Crippen LogP contribution in [0.4, 0.5) is 34.1 Å². The molecule has 0 aliphatic heterocycles. The number of para-hydroxylation sites is 2. The average Bonchev–Trinajstić information content (AvgIpc) is 3.85. The summed E-state index contributed by atoms with van der Waals surface area (Å²) in [6.07, 6.45) is 7.78. The van der Waals surface area contributed by atoms with Gasteiger partial charge in [-0.3, -0.25) is 4.57 Å². The van der Waals surface area contributed by atoms with Gasteiger partial charge in [-0.2, -0.15) is 0 Å². The van der Waals surface area contributed by atoms with Crippen LogP contribution >= 0.6 is 0 Å². The van der Waals surface area contributed by atoms with Crippen LogP contribution in [0.2, 0.25) is 0 Å². The molecule has 60 heavy (non-hydrogen) atoms. The molecule has 284 valence electrons. The Morgan fingerprint density at radius 1 is 0.467 bits per heavy atom. The van der Waals surface area contributed by atoms with Crippen LogP contribution in [0.5, 0.6) is 0 Å². The van der Waals surface area contributed by atoms with Crippen LogP contribution < -0.4 is 9.80 Å². The topological polar surface area (TPSA) is 50.3 Å². The summed E-state index contributed by atoms with van der Waals surface area (Å²) in [5, 5.41) is 7.00. The first kappa shape index (κ1) is 34.1. The van der Waals surface area contributed by atoms with Crippen molar-refractivity contribution >= 4 is 94.7 Å². The molecule has 8 aromatic carbocycles. The van der Waals surface area contributed by atoms with Crippen molar-refractivity contribution in [3.63, 3.8) is 0 Å². The maximum atomic E-state index is 6.62. The second kappa shape index (κ2) is 13.9. The van der Waals surface area contributed by atoms with Crippen molar-refractivity contribution in [2.75, 3.05) is 9.80 Å². The third-order valence-electron chi connectivity index (χ3n) is 11.9. The van der Waals surface area contributed by atoms with Crippen LogP contribution in [0.15, 0.2) is 199 Å². The fourth-order valence-corrected chi connectivity index (χ4v) is 9.10. The second-order valence-corrected chi connectivity index (χ2v) is 15.4. The number of allylic oxidation sites excluding steroid dienone is 1. The summed E-state index contributed by atoms with van der Waals surface area (Å²) in [7, 11) is 0. The van der Waals surface area contributed by atoms with E-state index in [0.717, 1.165) is 91.4 Å². The van der Waals surface area contributed by atoms with Crippen LogP contribution in [-0.4, -0.2) is 14.5 Å². The summed E-state index contributed by atoms with van der Waals surface area (Å²) >= 11 is 0. The Morgan fingerprint density at radius 2 is 0.967 bits per heavy atom. The van der Waals surface area contributed by atoms with E-state index in [-0.39, 0.29) is 0 Å². The Hall–Kier alpha value is -7.96. The lowest BCUT2D eigenvalue weighted by Crippen LogP contribution is -2.10. The zero-order chi connectivity index (χ0) is 39.6. The number of furan rings is 1. The molecule has 6 nitrogen and oxygen atoms in total. The SMILES string of the molecule is C1=Cc2oc3c(-n4c5ccc(N(c6ccccc6)c6ccc7ccccc7c6)cc5c5cc(N(c6ccccc6)c6ccc7ccccc7c6)ccc54)ncnc3c2CC1. The molecule has 11 aromatic rings. The van der Waals surface area contributed by atoms with Gasteiger partial charge < -0.3 is 14.2 Å². The molecule has 0 saturated carbocycles. The Kier molecular flexibility index (Phi) is 7.88. The maximum absolute atomic E-state index is 6.62. The van der Waals surface area contributed by atoms with Crippen LogP contribution in [-0.2, 0) is 6.42 Å². The fourth-order valence-electron chi connectivity index (χ4n) is 9.10. The average molecular weight is 772 g/mol. The van der Waals surface area contributed by atoms with E-state index in [9.17, 15) is 0 Å². The number of hydrogen-bond donors (Lipinski definition) is 0. The molecule has 3 heterocycles. The van der Waals surface area contributed by atoms with E-state index < -0.39 is 0 Å². The molecule has 0 spiro atoms. The van der Waals surface area contributed by atoms with Gasteiger partial charge >= 0.3 is 0 Å². The molecule has 1 aliphatic rings.